The van der Waals surface area contributed by atoms with E-state index < -0.39 is 16.1 Å². The van der Waals surface area contributed by atoms with Crippen molar-refractivity contribution >= 4 is 28.3 Å². The summed E-state index contributed by atoms with van der Waals surface area (Å²) in [6.45, 7) is 5.62. The molecular formula is C17H28ClN3O3S. The molecule has 1 aliphatic rings. The van der Waals surface area contributed by atoms with E-state index in [-0.39, 0.29) is 24.2 Å². The highest BCUT2D eigenvalue weighted by molar-refractivity contribution is 7.89. The van der Waals surface area contributed by atoms with Crippen LogP contribution < -0.4 is 5.73 Å². The van der Waals surface area contributed by atoms with Gasteiger partial charge in [-0.1, -0.05) is 38.5 Å². The van der Waals surface area contributed by atoms with Gasteiger partial charge in [-0.3, -0.25) is 4.79 Å². The standard InChI is InChI=1S/C17H27N3O3S.ClH/c1-3-14(2)16(18)17(21)19-10-7-11-20(13-12-19)24(22,23)15-8-5-4-6-9-15;/h4-6,8-9,14,16H,3,7,10-13,18H2,1-2H3;1H. The highest BCUT2D eigenvalue weighted by Crippen LogP contribution is 2.18. The van der Waals surface area contributed by atoms with Gasteiger partial charge >= 0.3 is 0 Å². The molecule has 0 aromatic heterocycles. The van der Waals surface area contributed by atoms with Crippen LogP contribution in [0.2, 0.25) is 0 Å². The molecule has 1 fully saturated rings. The minimum atomic E-state index is -3.51. The summed E-state index contributed by atoms with van der Waals surface area (Å²) in [5, 5.41) is 0. The molecule has 2 N–H and O–H groups in total. The van der Waals surface area contributed by atoms with Crippen LogP contribution in [0.15, 0.2) is 35.2 Å². The van der Waals surface area contributed by atoms with Crippen molar-refractivity contribution in [2.45, 2.75) is 37.6 Å². The SMILES string of the molecule is CCC(C)C(N)C(=O)N1CCCN(S(=O)(=O)c2ccccc2)CC1.Cl. The topological polar surface area (TPSA) is 83.7 Å². The average molecular weight is 390 g/mol. The fraction of sp³-hybridized carbons (Fsp3) is 0.588. The summed E-state index contributed by atoms with van der Waals surface area (Å²) in [6.07, 6.45) is 1.46. The van der Waals surface area contributed by atoms with Crippen LogP contribution in [0.1, 0.15) is 26.7 Å². The second-order valence-corrected chi connectivity index (χ2v) is 8.25. The number of nitrogens with two attached hydrogens (primary N) is 1. The van der Waals surface area contributed by atoms with Gasteiger partial charge in [-0.05, 0) is 24.5 Å². The van der Waals surface area contributed by atoms with E-state index in [1.165, 1.54) is 4.31 Å². The first-order valence-corrected chi connectivity index (χ1v) is 9.91. The molecule has 1 aliphatic heterocycles. The molecule has 2 atom stereocenters. The number of sulfonamides is 1. The zero-order chi connectivity index (χ0) is 17.7. The lowest BCUT2D eigenvalue weighted by Crippen LogP contribution is -2.48. The van der Waals surface area contributed by atoms with Crippen LogP contribution in [-0.4, -0.2) is 55.8 Å². The molecule has 8 heteroatoms. The molecule has 0 aliphatic carbocycles. The van der Waals surface area contributed by atoms with Crippen LogP contribution in [-0.2, 0) is 14.8 Å². The molecule has 0 bridgehead atoms. The summed E-state index contributed by atoms with van der Waals surface area (Å²) in [7, 11) is -3.51. The van der Waals surface area contributed by atoms with E-state index in [9.17, 15) is 13.2 Å². The first-order chi connectivity index (χ1) is 11.4. The van der Waals surface area contributed by atoms with E-state index in [1.807, 2.05) is 13.8 Å². The van der Waals surface area contributed by atoms with Crippen molar-refractivity contribution in [1.29, 1.82) is 0 Å². The van der Waals surface area contributed by atoms with Crippen molar-refractivity contribution in [3.63, 3.8) is 0 Å². The normalized spacial score (nSPS) is 18.8. The highest BCUT2D eigenvalue weighted by atomic mass is 35.5. The second-order valence-electron chi connectivity index (χ2n) is 6.31. The van der Waals surface area contributed by atoms with E-state index in [0.29, 0.717) is 37.5 Å². The van der Waals surface area contributed by atoms with Crippen molar-refractivity contribution < 1.29 is 13.2 Å². The number of hydrogen-bond acceptors (Lipinski definition) is 4. The number of carbonyl (C=O) groups excluding carboxylic acids is 1. The van der Waals surface area contributed by atoms with Gasteiger partial charge in [-0.15, -0.1) is 12.4 Å². The van der Waals surface area contributed by atoms with Gasteiger partial charge < -0.3 is 10.6 Å². The van der Waals surface area contributed by atoms with Crippen LogP contribution in [0.25, 0.3) is 0 Å². The van der Waals surface area contributed by atoms with Gasteiger partial charge in [-0.2, -0.15) is 4.31 Å². The van der Waals surface area contributed by atoms with E-state index in [0.717, 1.165) is 6.42 Å². The molecule has 1 aromatic carbocycles. The van der Waals surface area contributed by atoms with Crippen molar-refractivity contribution in [2.24, 2.45) is 11.7 Å². The Bertz CT molecular complexity index is 654. The fourth-order valence-electron chi connectivity index (χ4n) is 2.80. The molecule has 2 rings (SSSR count). The maximum Gasteiger partial charge on any atom is 0.243 e. The Labute approximate surface area is 156 Å². The summed E-state index contributed by atoms with van der Waals surface area (Å²) >= 11 is 0. The quantitative estimate of drug-likeness (QED) is 0.830. The van der Waals surface area contributed by atoms with Crippen molar-refractivity contribution in [3.05, 3.63) is 30.3 Å². The van der Waals surface area contributed by atoms with Crippen LogP contribution >= 0.6 is 12.4 Å². The van der Waals surface area contributed by atoms with Crippen molar-refractivity contribution in [1.82, 2.24) is 9.21 Å². The minimum Gasteiger partial charge on any atom is -0.340 e. The van der Waals surface area contributed by atoms with E-state index in [2.05, 4.69) is 0 Å². The predicted octanol–water partition coefficient (Wildman–Crippen LogP) is 1.70. The molecular weight excluding hydrogens is 362 g/mol. The largest absolute Gasteiger partial charge is 0.340 e. The number of benzene rings is 1. The monoisotopic (exact) mass is 389 g/mol. The van der Waals surface area contributed by atoms with Crippen molar-refractivity contribution in [3.8, 4) is 0 Å². The molecule has 1 saturated heterocycles. The first-order valence-electron chi connectivity index (χ1n) is 8.47. The maximum absolute atomic E-state index is 12.7. The third kappa shape index (κ3) is 5.17. The number of hydrogen-bond donors (Lipinski definition) is 1. The molecule has 1 aromatic rings. The molecule has 0 spiro atoms. The van der Waals surface area contributed by atoms with E-state index >= 15 is 0 Å². The Morgan fingerprint density at radius 2 is 1.80 bits per heavy atom. The van der Waals surface area contributed by atoms with Crippen LogP contribution in [0.5, 0.6) is 0 Å². The van der Waals surface area contributed by atoms with E-state index in [4.69, 9.17) is 5.73 Å². The Hall–Kier alpha value is -1.15. The van der Waals surface area contributed by atoms with E-state index in [1.54, 1.807) is 35.2 Å². The first kappa shape index (κ1) is 21.9. The molecule has 1 heterocycles. The number of amides is 1. The van der Waals surface area contributed by atoms with Gasteiger partial charge in [0.05, 0.1) is 10.9 Å². The summed E-state index contributed by atoms with van der Waals surface area (Å²) in [6, 6.07) is 7.90. The number of halogens is 1. The predicted molar refractivity (Wildman–Crippen MR) is 101 cm³/mol. The molecule has 1 amide bonds. The Kier molecular flexibility index (Phi) is 8.34. The minimum absolute atomic E-state index is 0. The summed E-state index contributed by atoms with van der Waals surface area (Å²) in [5.74, 6) is 0.0354. The number of rotatable bonds is 5. The number of nitrogens with zero attached hydrogens (tertiary/aromatic N) is 2. The van der Waals surface area contributed by atoms with Gasteiger partial charge in [0.25, 0.3) is 0 Å². The van der Waals surface area contributed by atoms with Crippen LogP contribution in [0.4, 0.5) is 0 Å². The third-order valence-electron chi connectivity index (χ3n) is 4.69. The van der Waals surface area contributed by atoms with Crippen molar-refractivity contribution in [2.75, 3.05) is 26.2 Å². The smallest absolute Gasteiger partial charge is 0.243 e. The van der Waals surface area contributed by atoms with Gasteiger partial charge in [0.1, 0.15) is 0 Å². The number of carbonyl (C=O) groups is 1. The lowest BCUT2D eigenvalue weighted by atomic mass is 9.99. The molecule has 6 nitrogen and oxygen atoms in total. The van der Waals surface area contributed by atoms with Crippen LogP contribution in [0.3, 0.4) is 0 Å². The lowest BCUT2D eigenvalue weighted by molar-refractivity contribution is -0.133. The van der Waals surface area contributed by atoms with Gasteiger partial charge in [0.2, 0.25) is 15.9 Å². The zero-order valence-corrected chi connectivity index (χ0v) is 16.4. The molecule has 0 saturated carbocycles. The summed E-state index contributed by atoms with van der Waals surface area (Å²) < 4.78 is 26.9. The second kappa shape index (κ2) is 9.52. The Morgan fingerprint density at radius 1 is 1.16 bits per heavy atom. The van der Waals surface area contributed by atoms with Crippen LogP contribution in [0, 0.1) is 5.92 Å². The van der Waals surface area contributed by atoms with Gasteiger partial charge in [-0.25, -0.2) is 8.42 Å². The fourth-order valence-corrected chi connectivity index (χ4v) is 4.29. The molecule has 0 radical (unpaired) electrons. The third-order valence-corrected chi connectivity index (χ3v) is 6.60. The Morgan fingerprint density at radius 3 is 2.40 bits per heavy atom. The molecule has 25 heavy (non-hydrogen) atoms. The summed E-state index contributed by atoms with van der Waals surface area (Å²) in [4.78, 5) is 14.5. The maximum atomic E-state index is 12.7. The lowest BCUT2D eigenvalue weighted by Gasteiger charge is -2.27. The molecule has 2 unspecified atom stereocenters. The highest BCUT2D eigenvalue weighted by Gasteiger charge is 2.30. The molecule has 142 valence electrons. The van der Waals surface area contributed by atoms with Gasteiger partial charge in [0, 0.05) is 26.2 Å². The Balaban J connectivity index is 0.00000312. The van der Waals surface area contributed by atoms with Gasteiger partial charge in [0.15, 0.2) is 0 Å². The average Bonchev–Trinajstić information content (AvgIpc) is 2.87. The summed E-state index contributed by atoms with van der Waals surface area (Å²) in [5.41, 5.74) is 6.04. The zero-order valence-electron chi connectivity index (χ0n) is 14.8.